The minimum atomic E-state index is -0.923. The molecule has 0 aromatic heterocycles. The third kappa shape index (κ3) is 25.2. The molecule has 0 N–H and O–H groups in total. The maximum Gasteiger partial charge on any atom is 0.279 e. The number of hydrogen-bond donors (Lipinski definition) is 0. The second kappa shape index (κ2) is 33.7. The lowest BCUT2D eigenvalue weighted by atomic mass is 9.97. The average molecular weight is 611 g/mol. The number of unbranched alkanes of at least 4 members (excludes halogenated alkanes) is 25. The van der Waals surface area contributed by atoms with Crippen molar-refractivity contribution in [2.75, 3.05) is 13.2 Å². The summed E-state index contributed by atoms with van der Waals surface area (Å²) in [6, 6.07) is 0. The van der Waals surface area contributed by atoms with Crippen LogP contribution in [0.1, 0.15) is 207 Å². The first-order chi connectivity index (χ1) is 20.7. The Hall–Kier alpha value is -0.163. The molecule has 0 rings (SSSR count). The van der Waals surface area contributed by atoms with E-state index in [1.807, 2.05) is 0 Å². The molecular weight excluding hydrogens is 533 g/mol. The van der Waals surface area contributed by atoms with E-state index in [0.29, 0.717) is 10.5 Å². The highest BCUT2D eigenvalue weighted by molar-refractivity contribution is 5.98. The van der Waals surface area contributed by atoms with E-state index in [1.54, 1.807) is 0 Å². The van der Waals surface area contributed by atoms with Crippen molar-refractivity contribution in [3.8, 4) is 0 Å². The van der Waals surface area contributed by atoms with Crippen LogP contribution >= 0.6 is 0 Å². The zero-order valence-corrected chi connectivity index (χ0v) is 31.5. The SMILES string of the molecule is C=CC(CCCCCCCCCC)C(O[SiH3])(OCCCCCCCCCCCC)OCCCCCCCCCCCC. The van der Waals surface area contributed by atoms with Gasteiger partial charge in [0.05, 0.1) is 19.1 Å². The van der Waals surface area contributed by atoms with E-state index in [1.165, 1.54) is 167 Å². The first kappa shape index (κ1) is 41.8. The van der Waals surface area contributed by atoms with Crippen molar-refractivity contribution in [2.45, 2.75) is 213 Å². The molecule has 4 heteroatoms. The molecule has 0 heterocycles. The zero-order chi connectivity index (χ0) is 30.8. The summed E-state index contributed by atoms with van der Waals surface area (Å²) in [5.74, 6) is -0.825. The quantitative estimate of drug-likeness (QED) is 0.0306. The Bertz CT molecular complexity index is 500. The maximum absolute atomic E-state index is 6.54. The molecule has 0 spiro atoms. The van der Waals surface area contributed by atoms with Gasteiger partial charge in [-0.3, -0.25) is 0 Å². The molecule has 42 heavy (non-hydrogen) atoms. The Labute approximate surface area is 268 Å². The smallest absolute Gasteiger partial charge is 0.279 e. The first-order valence-electron chi connectivity index (χ1n) is 19.2. The molecule has 3 nitrogen and oxygen atoms in total. The van der Waals surface area contributed by atoms with Gasteiger partial charge in [0.25, 0.3) is 5.97 Å². The summed E-state index contributed by atoms with van der Waals surface area (Å²) in [5, 5.41) is 0. The summed E-state index contributed by atoms with van der Waals surface area (Å²) >= 11 is 0. The van der Waals surface area contributed by atoms with Gasteiger partial charge < -0.3 is 13.9 Å². The minimum absolute atomic E-state index is 0.0985. The molecular formula is C38H78O3Si. The molecule has 0 amide bonds. The van der Waals surface area contributed by atoms with Gasteiger partial charge in [-0.25, -0.2) is 0 Å². The standard InChI is InChI=1S/C38H78O3Si/c1-5-9-12-15-18-21-23-26-29-32-35-39-38(41-42,37(8-4)34-31-28-25-20-17-14-11-7-3)40-36-33-30-27-24-22-19-16-13-10-6-2/h8,37H,4-7,9-36H2,1-3,42H3. The highest BCUT2D eigenvalue weighted by atomic mass is 28.2. The third-order valence-corrected chi connectivity index (χ3v) is 9.56. The van der Waals surface area contributed by atoms with Crippen LogP contribution in [0.5, 0.6) is 0 Å². The predicted molar refractivity (Wildman–Crippen MR) is 190 cm³/mol. The lowest BCUT2D eigenvalue weighted by molar-refractivity contribution is -0.364. The van der Waals surface area contributed by atoms with Crippen molar-refractivity contribution >= 4 is 10.5 Å². The summed E-state index contributed by atoms with van der Waals surface area (Å²) in [6.07, 6.45) is 40.4. The molecule has 0 aromatic rings. The van der Waals surface area contributed by atoms with Crippen molar-refractivity contribution in [3.05, 3.63) is 12.7 Å². The van der Waals surface area contributed by atoms with Crippen LogP contribution < -0.4 is 0 Å². The summed E-state index contributed by atoms with van der Waals surface area (Å²) in [5.41, 5.74) is 0. The summed E-state index contributed by atoms with van der Waals surface area (Å²) in [7, 11) is 0.604. The second-order valence-electron chi connectivity index (χ2n) is 13.0. The fourth-order valence-electron chi connectivity index (χ4n) is 6.07. The van der Waals surface area contributed by atoms with Crippen LogP contribution in [0, 0.1) is 5.92 Å². The number of ether oxygens (including phenoxy) is 2. The van der Waals surface area contributed by atoms with E-state index in [9.17, 15) is 0 Å². The van der Waals surface area contributed by atoms with Crippen LogP contribution in [-0.4, -0.2) is 29.7 Å². The topological polar surface area (TPSA) is 27.7 Å². The van der Waals surface area contributed by atoms with Gasteiger partial charge in [-0.1, -0.05) is 194 Å². The van der Waals surface area contributed by atoms with Crippen molar-refractivity contribution < 1.29 is 13.9 Å². The summed E-state index contributed by atoms with van der Waals surface area (Å²) in [4.78, 5) is 0. The van der Waals surface area contributed by atoms with Gasteiger partial charge in [0, 0.05) is 0 Å². The van der Waals surface area contributed by atoms with Crippen LogP contribution in [-0.2, 0) is 13.9 Å². The molecule has 0 aliphatic carbocycles. The van der Waals surface area contributed by atoms with Crippen LogP contribution in [0.25, 0.3) is 0 Å². The summed E-state index contributed by atoms with van der Waals surface area (Å²) < 4.78 is 19.3. The van der Waals surface area contributed by atoms with Gasteiger partial charge >= 0.3 is 0 Å². The van der Waals surface area contributed by atoms with E-state index < -0.39 is 5.97 Å². The molecule has 0 aliphatic heterocycles. The molecule has 252 valence electrons. The van der Waals surface area contributed by atoms with Crippen molar-refractivity contribution in [2.24, 2.45) is 5.92 Å². The fourth-order valence-corrected chi connectivity index (χ4v) is 6.61. The van der Waals surface area contributed by atoms with E-state index in [2.05, 4.69) is 33.4 Å². The normalized spacial score (nSPS) is 12.7. The van der Waals surface area contributed by atoms with Crippen molar-refractivity contribution in [1.29, 1.82) is 0 Å². The number of hydrogen-bond acceptors (Lipinski definition) is 3. The van der Waals surface area contributed by atoms with Gasteiger partial charge in [-0.2, -0.15) is 0 Å². The lowest BCUT2D eigenvalue weighted by Gasteiger charge is -2.38. The molecule has 0 aliphatic rings. The predicted octanol–water partition coefficient (Wildman–Crippen LogP) is 12.1. The number of rotatable bonds is 36. The van der Waals surface area contributed by atoms with Gasteiger partial charge in [-0.15, -0.1) is 6.58 Å². The first-order valence-corrected chi connectivity index (χ1v) is 20.0. The monoisotopic (exact) mass is 611 g/mol. The van der Waals surface area contributed by atoms with Gasteiger partial charge in [0.1, 0.15) is 0 Å². The van der Waals surface area contributed by atoms with E-state index in [4.69, 9.17) is 13.9 Å². The molecule has 1 unspecified atom stereocenters. The molecule has 0 saturated carbocycles. The average Bonchev–Trinajstić information content (AvgIpc) is 3.01. The Balaban J connectivity index is 4.54. The van der Waals surface area contributed by atoms with Gasteiger partial charge in [0.2, 0.25) is 0 Å². The molecule has 0 saturated heterocycles. The molecule has 0 radical (unpaired) electrons. The van der Waals surface area contributed by atoms with E-state index in [0.717, 1.165) is 32.5 Å². The molecule has 1 atom stereocenters. The van der Waals surface area contributed by atoms with E-state index in [-0.39, 0.29) is 5.92 Å². The highest BCUT2D eigenvalue weighted by Gasteiger charge is 2.39. The van der Waals surface area contributed by atoms with Crippen LogP contribution in [0.2, 0.25) is 0 Å². The fraction of sp³-hybridized carbons (Fsp3) is 0.947. The molecule has 0 bridgehead atoms. The van der Waals surface area contributed by atoms with Crippen LogP contribution in [0.4, 0.5) is 0 Å². The Kier molecular flexibility index (Phi) is 33.6. The summed E-state index contributed by atoms with van der Waals surface area (Å²) in [6.45, 7) is 12.5. The zero-order valence-electron chi connectivity index (χ0n) is 29.5. The minimum Gasteiger partial charge on any atom is -0.380 e. The van der Waals surface area contributed by atoms with Gasteiger partial charge in [0.15, 0.2) is 10.5 Å². The van der Waals surface area contributed by atoms with Crippen LogP contribution in [0.3, 0.4) is 0 Å². The molecule has 0 aromatic carbocycles. The second-order valence-corrected chi connectivity index (χ2v) is 13.4. The Morgan fingerprint density at radius 3 is 1.05 bits per heavy atom. The molecule has 0 fully saturated rings. The van der Waals surface area contributed by atoms with Crippen molar-refractivity contribution in [3.63, 3.8) is 0 Å². The Morgan fingerprint density at radius 1 is 0.476 bits per heavy atom. The highest BCUT2D eigenvalue weighted by Crippen LogP contribution is 2.31. The van der Waals surface area contributed by atoms with Crippen molar-refractivity contribution in [1.82, 2.24) is 0 Å². The maximum atomic E-state index is 6.54. The van der Waals surface area contributed by atoms with Crippen LogP contribution in [0.15, 0.2) is 12.7 Å². The largest absolute Gasteiger partial charge is 0.380 e. The lowest BCUT2D eigenvalue weighted by Crippen LogP contribution is -2.46. The van der Waals surface area contributed by atoms with Gasteiger partial charge in [-0.05, 0) is 19.3 Å². The Morgan fingerprint density at radius 2 is 0.762 bits per heavy atom. The third-order valence-electron chi connectivity index (χ3n) is 8.99. The van der Waals surface area contributed by atoms with E-state index >= 15 is 0 Å².